The van der Waals surface area contributed by atoms with Crippen molar-refractivity contribution in [3.8, 4) is 5.75 Å². The number of hydrogen-bond donors (Lipinski definition) is 1. The molecule has 2 aromatic carbocycles. The van der Waals surface area contributed by atoms with Gasteiger partial charge >= 0.3 is 0 Å². The first-order chi connectivity index (χ1) is 12.7. The van der Waals surface area contributed by atoms with Crippen LogP contribution in [0.1, 0.15) is 49.9 Å². The lowest BCUT2D eigenvalue weighted by molar-refractivity contribution is 0.102. The number of carbonyl (C=O) groups excluding carboxylic acids is 1. The van der Waals surface area contributed by atoms with Crippen molar-refractivity contribution in [3.05, 3.63) is 54.1 Å². The molecular formula is C22H28N2O2. The van der Waals surface area contributed by atoms with Crippen molar-refractivity contribution in [2.24, 2.45) is 0 Å². The van der Waals surface area contributed by atoms with Gasteiger partial charge in [0.1, 0.15) is 5.75 Å². The molecule has 1 unspecified atom stereocenters. The Hall–Kier alpha value is -2.49. The molecule has 138 valence electrons. The maximum atomic E-state index is 12.5. The predicted molar refractivity (Wildman–Crippen MR) is 107 cm³/mol. The van der Waals surface area contributed by atoms with E-state index in [2.05, 4.69) is 36.2 Å². The van der Waals surface area contributed by atoms with E-state index in [0.29, 0.717) is 18.2 Å². The molecule has 0 aromatic heterocycles. The SMILES string of the molecule is CCCOc1cccc(C(=O)Nc2ccc(N3CCCCC3C)cc2)c1. The van der Waals surface area contributed by atoms with Crippen LogP contribution in [-0.2, 0) is 0 Å². The van der Waals surface area contributed by atoms with Crippen LogP contribution < -0.4 is 15.0 Å². The molecule has 0 radical (unpaired) electrons. The lowest BCUT2D eigenvalue weighted by Crippen LogP contribution is -2.37. The summed E-state index contributed by atoms with van der Waals surface area (Å²) in [5.41, 5.74) is 2.64. The Bertz CT molecular complexity index is 727. The molecule has 26 heavy (non-hydrogen) atoms. The summed E-state index contributed by atoms with van der Waals surface area (Å²) in [4.78, 5) is 14.9. The summed E-state index contributed by atoms with van der Waals surface area (Å²) in [6.45, 7) is 6.10. The van der Waals surface area contributed by atoms with Crippen LogP contribution in [0.25, 0.3) is 0 Å². The number of benzene rings is 2. The maximum Gasteiger partial charge on any atom is 0.255 e. The first kappa shape index (κ1) is 18.3. The molecule has 1 N–H and O–H groups in total. The highest BCUT2D eigenvalue weighted by Gasteiger charge is 2.18. The predicted octanol–water partition coefficient (Wildman–Crippen LogP) is 5.11. The molecule has 3 rings (SSSR count). The van der Waals surface area contributed by atoms with Crippen molar-refractivity contribution in [2.45, 2.75) is 45.6 Å². The second kappa shape index (κ2) is 8.75. The Labute approximate surface area is 156 Å². The number of anilines is 2. The van der Waals surface area contributed by atoms with Gasteiger partial charge in [-0.05, 0) is 75.1 Å². The van der Waals surface area contributed by atoms with Crippen LogP contribution in [0.4, 0.5) is 11.4 Å². The fourth-order valence-corrected chi connectivity index (χ4v) is 3.37. The van der Waals surface area contributed by atoms with Gasteiger partial charge in [-0.1, -0.05) is 13.0 Å². The van der Waals surface area contributed by atoms with E-state index in [0.717, 1.165) is 24.4 Å². The van der Waals surface area contributed by atoms with Crippen molar-refractivity contribution >= 4 is 17.3 Å². The largest absolute Gasteiger partial charge is 0.494 e. The summed E-state index contributed by atoms with van der Waals surface area (Å²) in [6, 6.07) is 16.0. The monoisotopic (exact) mass is 352 g/mol. The van der Waals surface area contributed by atoms with Crippen LogP contribution in [0.15, 0.2) is 48.5 Å². The van der Waals surface area contributed by atoms with Crippen molar-refractivity contribution in [2.75, 3.05) is 23.4 Å². The van der Waals surface area contributed by atoms with Gasteiger partial charge in [-0.25, -0.2) is 0 Å². The Kier molecular flexibility index (Phi) is 6.16. The summed E-state index contributed by atoms with van der Waals surface area (Å²) >= 11 is 0. The van der Waals surface area contributed by atoms with Gasteiger partial charge in [0.2, 0.25) is 0 Å². The third-order valence-electron chi connectivity index (χ3n) is 4.83. The molecule has 1 aliphatic heterocycles. The average molecular weight is 352 g/mol. The van der Waals surface area contributed by atoms with E-state index in [-0.39, 0.29) is 5.91 Å². The van der Waals surface area contributed by atoms with Crippen LogP contribution in [0, 0.1) is 0 Å². The third-order valence-corrected chi connectivity index (χ3v) is 4.83. The van der Waals surface area contributed by atoms with E-state index >= 15 is 0 Å². The number of piperidine rings is 1. The second-order valence-corrected chi connectivity index (χ2v) is 6.92. The van der Waals surface area contributed by atoms with E-state index in [1.54, 1.807) is 12.1 Å². The molecule has 2 aromatic rings. The lowest BCUT2D eigenvalue weighted by Gasteiger charge is -2.35. The van der Waals surface area contributed by atoms with Crippen LogP contribution in [-0.4, -0.2) is 25.1 Å². The molecule has 4 heteroatoms. The highest BCUT2D eigenvalue weighted by atomic mass is 16.5. The van der Waals surface area contributed by atoms with Gasteiger partial charge in [-0.15, -0.1) is 0 Å². The number of nitrogens with zero attached hydrogens (tertiary/aromatic N) is 1. The molecule has 1 atom stereocenters. The molecule has 1 aliphatic rings. The number of rotatable bonds is 6. The number of amides is 1. The van der Waals surface area contributed by atoms with E-state index in [1.807, 2.05) is 24.3 Å². The fourth-order valence-electron chi connectivity index (χ4n) is 3.37. The van der Waals surface area contributed by atoms with Gasteiger partial charge in [0, 0.05) is 29.5 Å². The van der Waals surface area contributed by atoms with Crippen molar-refractivity contribution in [1.82, 2.24) is 0 Å². The molecule has 1 saturated heterocycles. The fraction of sp³-hybridized carbons (Fsp3) is 0.409. The Morgan fingerprint density at radius 2 is 2.00 bits per heavy atom. The first-order valence-corrected chi connectivity index (χ1v) is 9.58. The van der Waals surface area contributed by atoms with Crippen molar-refractivity contribution in [3.63, 3.8) is 0 Å². The standard InChI is InChI=1S/C22H28N2O2/c1-3-15-26-21-9-6-8-18(16-21)22(25)23-19-10-12-20(13-11-19)24-14-5-4-7-17(24)2/h6,8-13,16-17H,3-5,7,14-15H2,1-2H3,(H,23,25). The molecule has 0 saturated carbocycles. The average Bonchev–Trinajstić information content (AvgIpc) is 2.68. The summed E-state index contributed by atoms with van der Waals surface area (Å²) < 4.78 is 5.60. The van der Waals surface area contributed by atoms with Crippen molar-refractivity contribution < 1.29 is 9.53 Å². The van der Waals surface area contributed by atoms with Crippen LogP contribution in [0.3, 0.4) is 0 Å². The van der Waals surface area contributed by atoms with E-state index in [9.17, 15) is 4.79 Å². The smallest absolute Gasteiger partial charge is 0.255 e. The van der Waals surface area contributed by atoms with E-state index < -0.39 is 0 Å². The molecule has 1 heterocycles. The molecule has 0 aliphatic carbocycles. The number of nitrogens with one attached hydrogen (secondary N) is 1. The second-order valence-electron chi connectivity index (χ2n) is 6.92. The zero-order valence-electron chi connectivity index (χ0n) is 15.7. The van der Waals surface area contributed by atoms with Gasteiger partial charge < -0.3 is 15.0 Å². The minimum Gasteiger partial charge on any atom is -0.494 e. The summed E-state index contributed by atoms with van der Waals surface area (Å²) in [5.74, 6) is 0.611. The van der Waals surface area contributed by atoms with Gasteiger partial charge in [-0.2, -0.15) is 0 Å². The Morgan fingerprint density at radius 3 is 2.73 bits per heavy atom. The minimum absolute atomic E-state index is 0.119. The number of carbonyl (C=O) groups is 1. The topological polar surface area (TPSA) is 41.6 Å². The Morgan fingerprint density at radius 1 is 1.19 bits per heavy atom. The number of ether oxygens (including phenoxy) is 1. The minimum atomic E-state index is -0.119. The molecule has 4 nitrogen and oxygen atoms in total. The van der Waals surface area contributed by atoms with Gasteiger partial charge in [0.25, 0.3) is 5.91 Å². The first-order valence-electron chi connectivity index (χ1n) is 9.58. The Balaban J connectivity index is 1.64. The molecule has 1 fully saturated rings. The van der Waals surface area contributed by atoms with Crippen LogP contribution in [0.5, 0.6) is 5.75 Å². The van der Waals surface area contributed by atoms with Crippen LogP contribution in [0.2, 0.25) is 0 Å². The summed E-state index contributed by atoms with van der Waals surface area (Å²) in [7, 11) is 0. The maximum absolute atomic E-state index is 12.5. The van der Waals surface area contributed by atoms with Crippen molar-refractivity contribution in [1.29, 1.82) is 0 Å². The van der Waals surface area contributed by atoms with Gasteiger partial charge in [0.15, 0.2) is 0 Å². The molecular weight excluding hydrogens is 324 g/mol. The zero-order valence-corrected chi connectivity index (χ0v) is 15.7. The van der Waals surface area contributed by atoms with Crippen LogP contribution >= 0.6 is 0 Å². The number of hydrogen-bond acceptors (Lipinski definition) is 3. The van der Waals surface area contributed by atoms with Gasteiger partial charge in [-0.3, -0.25) is 4.79 Å². The quantitative estimate of drug-likeness (QED) is 0.786. The summed E-state index contributed by atoms with van der Waals surface area (Å²) in [6.07, 6.45) is 4.75. The normalized spacial score (nSPS) is 17.0. The van der Waals surface area contributed by atoms with E-state index in [4.69, 9.17) is 4.74 Å². The molecule has 1 amide bonds. The van der Waals surface area contributed by atoms with E-state index in [1.165, 1.54) is 24.9 Å². The molecule has 0 spiro atoms. The highest BCUT2D eigenvalue weighted by molar-refractivity contribution is 6.04. The third kappa shape index (κ3) is 4.57. The zero-order chi connectivity index (χ0) is 18.4. The lowest BCUT2D eigenvalue weighted by atomic mass is 10.0. The van der Waals surface area contributed by atoms with Gasteiger partial charge in [0.05, 0.1) is 6.61 Å². The molecule has 0 bridgehead atoms. The highest BCUT2D eigenvalue weighted by Crippen LogP contribution is 2.26. The summed E-state index contributed by atoms with van der Waals surface area (Å²) in [5, 5.41) is 2.97.